The van der Waals surface area contributed by atoms with E-state index in [9.17, 15) is 4.79 Å². The Morgan fingerprint density at radius 2 is 2.38 bits per heavy atom. The van der Waals surface area contributed by atoms with Crippen LogP contribution in [0.3, 0.4) is 0 Å². The first-order valence-electron chi connectivity index (χ1n) is 4.17. The molecule has 1 fully saturated rings. The van der Waals surface area contributed by atoms with Crippen LogP contribution in [0.1, 0.15) is 0 Å². The molecule has 76 valence electrons. The molecule has 0 amide bonds. The lowest BCUT2D eigenvalue weighted by Crippen LogP contribution is -2.12. The van der Waals surface area contributed by atoms with E-state index in [2.05, 4.69) is 0 Å². The number of hydrogen-bond acceptors (Lipinski definition) is 5. The van der Waals surface area contributed by atoms with Gasteiger partial charge in [-0.05, 0) is 0 Å². The summed E-state index contributed by atoms with van der Waals surface area (Å²) in [5.41, 5.74) is 0. The van der Waals surface area contributed by atoms with Crippen molar-refractivity contribution in [2.75, 3.05) is 37.6 Å². The first-order valence-corrected chi connectivity index (χ1v) is 6.37. The molecule has 1 rings (SSSR count). The first kappa shape index (κ1) is 11.2. The molecule has 0 radical (unpaired) electrons. The maximum atomic E-state index is 11.0. The van der Waals surface area contributed by atoms with Gasteiger partial charge in [-0.25, -0.2) is 0 Å². The summed E-state index contributed by atoms with van der Waals surface area (Å²) in [4.78, 5) is 11.0. The molecule has 1 aliphatic rings. The van der Waals surface area contributed by atoms with Crippen molar-refractivity contribution >= 4 is 29.5 Å². The summed E-state index contributed by atoms with van der Waals surface area (Å²) < 4.78 is 9.65. The smallest absolute Gasteiger partial charge is 0.315 e. The van der Waals surface area contributed by atoms with Crippen molar-refractivity contribution in [3.63, 3.8) is 0 Å². The maximum absolute atomic E-state index is 11.0. The monoisotopic (exact) mass is 222 g/mol. The zero-order valence-electron chi connectivity index (χ0n) is 7.65. The van der Waals surface area contributed by atoms with Gasteiger partial charge in [0.15, 0.2) is 0 Å². The number of carbonyl (C=O) groups is 1. The van der Waals surface area contributed by atoms with Crippen LogP contribution in [0.4, 0.5) is 0 Å². The summed E-state index contributed by atoms with van der Waals surface area (Å²) in [6.45, 7) is 0.850. The third kappa shape index (κ3) is 6.23. The topological polar surface area (TPSA) is 35.5 Å². The second-order valence-electron chi connectivity index (χ2n) is 2.68. The Hall–Kier alpha value is 0.130. The average Bonchev–Trinajstić information content (AvgIpc) is 2.89. The van der Waals surface area contributed by atoms with E-state index < -0.39 is 0 Å². The first-order chi connectivity index (χ1) is 6.33. The fraction of sp³-hybridized carbons (Fsp3) is 0.875. The predicted octanol–water partition coefficient (Wildman–Crippen LogP) is 1.02. The highest BCUT2D eigenvalue weighted by Crippen LogP contribution is 2.32. The lowest BCUT2D eigenvalue weighted by atomic mass is 10.6. The number of methoxy groups -OCH3 is 1. The summed E-state index contributed by atoms with van der Waals surface area (Å²) in [6.07, 6.45) is 0. The Balaban J connectivity index is 1.84. The third-order valence-electron chi connectivity index (χ3n) is 1.48. The third-order valence-corrected chi connectivity index (χ3v) is 3.74. The van der Waals surface area contributed by atoms with E-state index in [1.54, 1.807) is 18.9 Å². The van der Waals surface area contributed by atoms with Gasteiger partial charge in [-0.2, -0.15) is 11.8 Å². The van der Waals surface area contributed by atoms with Gasteiger partial charge in [0.2, 0.25) is 0 Å². The number of thioether (sulfide) groups is 2. The zero-order valence-corrected chi connectivity index (χ0v) is 9.29. The summed E-state index contributed by atoms with van der Waals surface area (Å²) in [7, 11) is 1.59. The van der Waals surface area contributed by atoms with Gasteiger partial charge in [0.05, 0.1) is 12.4 Å². The predicted molar refractivity (Wildman–Crippen MR) is 56.4 cm³/mol. The molecule has 0 aromatic heterocycles. The van der Waals surface area contributed by atoms with Crippen LogP contribution in [0.25, 0.3) is 0 Å². The molecule has 1 atom stereocenters. The fourth-order valence-corrected chi connectivity index (χ4v) is 2.54. The molecule has 13 heavy (non-hydrogen) atoms. The Kier molecular flexibility index (Phi) is 5.66. The number of hydrogen-bond donors (Lipinski definition) is 0. The van der Waals surface area contributed by atoms with Gasteiger partial charge in [-0.3, -0.25) is 4.79 Å². The maximum Gasteiger partial charge on any atom is 0.315 e. The van der Waals surface area contributed by atoms with Gasteiger partial charge < -0.3 is 9.47 Å². The molecule has 3 nitrogen and oxygen atoms in total. The lowest BCUT2D eigenvalue weighted by Gasteiger charge is -2.02. The minimum Gasteiger partial charge on any atom is -0.463 e. The fourth-order valence-electron chi connectivity index (χ4n) is 0.718. The quantitative estimate of drug-likeness (QED) is 0.365. The summed E-state index contributed by atoms with van der Waals surface area (Å²) >= 11 is 3.60. The van der Waals surface area contributed by atoms with Crippen molar-refractivity contribution in [3.8, 4) is 0 Å². The number of rotatable bonds is 7. The largest absolute Gasteiger partial charge is 0.463 e. The highest BCUT2D eigenvalue weighted by Gasteiger charge is 2.22. The minimum atomic E-state index is -0.132. The van der Waals surface area contributed by atoms with Crippen LogP contribution in [-0.2, 0) is 14.3 Å². The molecule has 0 aromatic carbocycles. The molecule has 0 bridgehead atoms. The molecular formula is C8H14O3S2. The van der Waals surface area contributed by atoms with E-state index >= 15 is 0 Å². The molecule has 0 spiro atoms. The number of ether oxygens (including phenoxy) is 2. The number of esters is 1. The lowest BCUT2D eigenvalue weighted by molar-refractivity contribution is -0.141. The van der Waals surface area contributed by atoms with Crippen LogP contribution >= 0.6 is 23.5 Å². The van der Waals surface area contributed by atoms with Crippen molar-refractivity contribution in [2.45, 2.75) is 5.25 Å². The Bertz CT molecular complexity index is 159. The van der Waals surface area contributed by atoms with Crippen LogP contribution in [-0.4, -0.2) is 48.8 Å². The zero-order chi connectivity index (χ0) is 9.52. The highest BCUT2D eigenvalue weighted by atomic mass is 32.2. The number of carbonyl (C=O) groups excluding carboxylic acids is 1. The van der Waals surface area contributed by atoms with Crippen LogP contribution in [0.2, 0.25) is 0 Å². The Morgan fingerprint density at radius 1 is 1.62 bits per heavy atom. The molecule has 0 aliphatic carbocycles. The van der Waals surface area contributed by atoms with Crippen molar-refractivity contribution in [2.24, 2.45) is 0 Å². The van der Waals surface area contributed by atoms with Crippen molar-refractivity contribution < 1.29 is 14.3 Å². The van der Waals surface area contributed by atoms with E-state index in [1.807, 2.05) is 11.8 Å². The molecule has 1 heterocycles. The van der Waals surface area contributed by atoms with Gasteiger partial charge in [-0.1, -0.05) is 0 Å². The molecular weight excluding hydrogens is 208 g/mol. The van der Waals surface area contributed by atoms with Gasteiger partial charge in [0.25, 0.3) is 0 Å². The van der Waals surface area contributed by atoms with Gasteiger partial charge in [0, 0.05) is 23.9 Å². The van der Waals surface area contributed by atoms with E-state index in [-0.39, 0.29) is 5.97 Å². The van der Waals surface area contributed by atoms with Crippen LogP contribution in [0, 0.1) is 0 Å². The molecule has 1 aliphatic heterocycles. The van der Waals surface area contributed by atoms with E-state index in [0.717, 1.165) is 11.0 Å². The van der Waals surface area contributed by atoms with Crippen molar-refractivity contribution in [1.29, 1.82) is 0 Å². The summed E-state index contributed by atoms with van der Waals surface area (Å²) in [6, 6.07) is 0. The van der Waals surface area contributed by atoms with Crippen LogP contribution < -0.4 is 0 Å². The van der Waals surface area contributed by atoms with E-state index in [1.165, 1.54) is 5.75 Å². The molecule has 0 saturated carbocycles. The molecule has 1 saturated heterocycles. The second kappa shape index (κ2) is 6.56. The van der Waals surface area contributed by atoms with Gasteiger partial charge in [-0.15, -0.1) is 11.8 Å². The molecule has 5 heteroatoms. The normalized spacial score (nSPS) is 19.9. The van der Waals surface area contributed by atoms with Crippen molar-refractivity contribution in [1.82, 2.24) is 0 Å². The Labute approximate surface area is 86.9 Å². The molecule has 0 aromatic rings. The van der Waals surface area contributed by atoms with E-state index in [4.69, 9.17) is 9.47 Å². The summed E-state index contributed by atoms with van der Waals surface area (Å²) in [5, 5.41) is 0.789. The van der Waals surface area contributed by atoms with E-state index in [0.29, 0.717) is 19.0 Å². The van der Waals surface area contributed by atoms with Crippen LogP contribution in [0.5, 0.6) is 0 Å². The Morgan fingerprint density at radius 3 is 3.00 bits per heavy atom. The second-order valence-corrected chi connectivity index (χ2v) is 5.05. The van der Waals surface area contributed by atoms with Crippen molar-refractivity contribution in [3.05, 3.63) is 0 Å². The van der Waals surface area contributed by atoms with Crippen LogP contribution in [0.15, 0.2) is 0 Å². The summed E-state index contributed by atoms with van der Waals surface area (Å²) in [5.74, 6) is 2.67. The van der Waals surface area contributed by atoms with Gasteiger partial charge >= 0.3 is 5.97 Å². The standard InChI is InChI=1S/C8H14O3S2/c1-10-2-3-11-8(9)6-12-4-7-5-13-7/h7H,2-6H2,1H3. The SMILES string of the molecule is COCCOC(=O)CSCC1CS1. The van der Waals surface area contributed by atoms with Gasteiger partial charge in [0.1, 0.15) is 6.61 Å². The minimum absolute atomic E-state index is 0.132. The average molecular weight is 222 g/mol. The molecule has 0 N–H and O–H groups in total. The molecule has 1 unspecified atom stereocenters. The highest BCUT2D eigenvalue weighted by molar-refractivity contribution is 8.08.